The van der Waals surface area contributed by atoms with E-state index < -0.39 is 0 Å². The molecule has 0 amide bonds. The van der Waals surface area contributed by atoms with Crippen LogP contribution < -0.4 is 10.3 Å². The summed E-state index contributed by atoms with van der Waals surface area (Å²) in [6, 6.07) is 9.56. The van der Waals surface area contributed by atoms with Crippen molar-refractivity contribution in [3.63, 3.8) is 0 Å². The Kier molecular flexibility index (Phi) is 5.45. The van der Waals surface area contributed by atoms with E-state index in [2.05, 4.69) is 21.9 Å². The van der Waals surface area contributed by atoms with Crippen molar-refractivity contribution in [2.24, 2.45) is 0 Å². The second kappa shape index (κ2) is 7.76. The van der Waals surface area contributed by atoms with E-state index in [0.29, 0.717) is 11.5 Å². The number of rotatable bonds is 7. The summed E-state index contributed by atoms with van der Waals surface area (Å²) in [5.74, 6) is 0.847. The number of methoxy groups -OCH3 is 1. The number of aryl methyl sites for hydroxylation is 1. The molecule has 0 spiro atoms. The second-order valence-electron chi connectivity index (χ2n) is 6.05. The Morgan fingerprint density at radius 3 is 2.68 bits per heavy atom. The number of aromatic nitrogens is 3. The third kappa shape index (κ3) is 4.24. The molecule has 0 saturated carbocycles. The highest BCUT2D eigenvalue weighted by Gasteiger charge is 2.10. The lowest BCUT2D eigenvalue weighted by Crippen LogP contribution is -2.21. The van der Waals surface area contributed by atoms with Crippen LogP contribution in [0.2, 0.25) is 0 Å². The van der Waals surface area contributed by atoms with Crippen LogP contribution in [0, 0.1) is 0 Å². The van der Waals surface area contributed by atoms with Crippen LogP contribution in [-0.2, 0) is 19.5 Å². The van der Waals surface area contributed by atoms with Gasteiger partial charge in [0.05, 0.1) is 12.8 Å². The molecule has 0 unspecified atom stereocenters. The molecule has 7 heteroatoms. The van der Waals surface area contributed by atoms with E-state index in [4.69, 9.17) is 4.74 Å². The van der Waals surface area contributed by atoms with Gasteiger partial charge in [0.15, 0.2) is 0 Å². The summed E-state index contributed by atoms with van der Waals surface area (Å²) in [4.78, 5) is 19.7. The lowest BCUT2D eigenvalue weighted by atomic mass is 10.2. The van der Waals surface area contributed by atoms with Crippen LogP contribution in [0.5, 0.6) is 5.75 Å². The van der Waals surface area contributed by atoms with Crippen LogP contribution >= 0.6 is 11.3 Å². The molecule has 0 atom stereocenters. The highest BCUT2D eigenvalue weighted by molar-refractivity contribution is 7.16. The van der Waals surface area contributed by atoms with Crippen molar-refractivity contribution in [2.75, 3.05) is 14.2 Å². The van der Waals surface area contributed by atoms with Gasteiger partial charge in [-0.15, -0.1) is 0 Å². The van der Waals surface area contributed by atoms with Crippen molar-refractivity contribution < 1.29 is 4.74 Å². The van der Waals surface area contributed by atoms with Crippen molar-refractivity contribution in [3.05, 3.63) is 57.0 Å². The number of ether oxygens (including phenoxy) is 1. The molecule has 3 aromatic rings. The number of benzene rings is 1. The van der Waals surface area contributed by atoms with E-state index in [1.54, 1.807) is 13.2 Å². The topological polar surface area (TPSA) is 59.7 Å². The zero-order valence-corrected chi connectivity index (χ0v) is 15.5. The minimum atomic E-state index is -0.114. The van der Waals surface area contributed by atoms with E-state index in [1.165, 1.54) is 21.4 Å². The second-order valence-corrected chi connectivity index (χ2v) is 7.09. The zero-order valence-electron chi connectivity index (χ0n) is 14.7. The summed E-state index contributed by atoms with van der Waals surface area (Å²) in [6.07, 6.45) is 1.88. The molecular weight excluding hydrogens is 336 g/mol. The van der Waals surface area contributed by atoms with E-state index in [0.717, 1.165) is 35.8 Å². The fourth-order valence-electron chi connectivity index (χ4n) is 2.67. The van der Waals surface area contributed by atoms with E-state index >= 15 is 0 Å². The molecule has 0 saturated heterocycles. The first-order valence-electron chi connectivity index (χ1n) is 8.29. The lowest BCUT2D eigenvalue weighted by molar-refractivity contribution is 0.315. The summed E-state index contributed by atoms with van der Waals surface area (Å²) >= 11 is 1.49. The van der Waals surface area contributed by atoms with Crippen molar-refractivity contribution >= 4 is 16.3 Å². The molecule has 0 aliphatic heterocycles. The number of fused-ring (bicyclic) bond motifs is 1. The minimum Gasteiger partial charge on any atom is -0.497 e. The summed E-state index contributed by atoms with van der Waals surface area (Å²) in [5, 5.41) is 5.30. The molecule has 0 aliphatic rings. The number of hydrogen-bond donors (Lipinski definition) is 0. The Morgan fingerprint density at radius 2 is 2.00 bits per heavy atom. The molecule has 0 fully saturated rings. The summed E-state index contributed by atoms with van der Waals surface area (Å²) in [6.45, 7) is 3.48. The first-order valence-corrected chi connectivity index (χ1v) is 9.11. The highest BCUT2D eigenvalue weighted by Crippen LogP contribution is 2.15. The summed E-state index contributed by atoms with van der Waals surface area (Å²) < 4.78 is 6.58. The van der Waals surface area contributed by atoms with E-state index in [-0.39, 0.29) is 5.56 Å². The van der Waals surface area contributed by atoms with Gasteiger partial charge in [0.2, 0.25) is 4.96 Å². The third-order valence-corrected chi connectivity index (χ3v) is 4.82. The normalized spacial score (nSPS) is 11.4. The molecule has 0 bridgehead atoms. The van der Waals surface area contributed by atoms with Gasteiger partial charge in [0.1, 0.15) is 10.8 Å². The van der Waals surface area contributed by atoms with Crippen molar-refractivity contribution in [2.45, 2.75) is 32.9 Å². The monoisotopic (exact) mass is 358 g/mol. The van der Waals surface area contributed by atoms with Crippen LogP contribution in [0.4, 0.5) is 0 Å². The Morgan fingerprint density at radius 1 is 1.24 bits per heavy atom. The predicted octanol–water partition coefficient (Wildman–Crippen LogP) is 2.74. The Labute approximate surface area is 150 Å². The highest BCUT2D eigenvalue weighted by atomic mass is 32.1. The summed E-state index contributed by atoms with van der Waals surface area (Å²) in [7, 11) is 3.68. The van der Waals surface area contributed by atoms with Crippen LogP contribution in [0.15, 0.2) is 35.1 Å². The van der Waals surface area contributed by atoms with Gasteiger partial charge in [-0.25, -0.2) is 4.98 Å². The zero-order chi connectivity index (χ0) is 17.8. The van der Waals surface area contributed by atoms with Crippen LogP contribution in [0.1, 0.15) is 29.6 Å². The summed E-state index contributed by atoms with van der Waals surface area (Å²) in [5.41, 5.74) is 1.84. The van der Waals surface area contributed by atoms with Crippen LogP contribution in [-0.4, -0.2) is 33.7 Å². The molecule has 0 aliphatic carbocycles. The molecule has 3 rings (SSSR count). The molecule has 2 heterocycles. The van der Waals surface area contributed by atoms with Gasteiger partial charge in [0, 0.05) is 25.6 Å². The molecule has 6 nitrogen and oxygen atoms in total. The number of nitrogens with zero attached hydrogens (tertiary/aromatic N) is 4. The average Bonchev–Trinajstić information content (AvgIpc) is 2.99. The maximum atomic E-state index is 12.3. The standard InChI is InChI=1S/C18H22N4O2S/c1-4-5-16-20-22-17(23)10-14(19-18(22)25-16)12-21(2)11-13-6-8-15(24-3)9-7-13/h6-10H,4-5,11-12H2,1-3H3. The van der Waals surface area contributed by atoms with Gasteiger partial charge in [-0.05, 0) is 31.2 Å². The molecule has 0 radical (unpaired) electrons. The SMILES string of the molecule is CCCc1nn2c(=O)cc(CN(C)Cc3ccc(OC)cc3)nc2s1. The van der Waals surface area contributed by atoms with Gasteiger partial charge >= 0.3 is 0 Å². The molecule has 25 heavy (non-hydrogen) atoms. The van der Waals surface area contributed by atoms with Crippen molar-refractivity contribution in [1.82, 2.24) is 19.5 Å². The molecule has 2 aromatic heterocycles. The Hall–Kier alpha value is -2.25. The third-order valence-electron chi connectivity index (χ3n) is 3.85. The van der Waals surface area contributed by atoms with Crippen molar-refractivity contribution in [1.29, 1.82) is 0 Å². The fraction of sp³-hybridized carbons (Fsp3) is 0.389. The van der Waals surface area contributed by atoms with Crippen molar-refractivity contribution in [3.8, 4) is 5.75 Å². The van der Waals surface area contributed by atoms with Crippen LogP contribution in [0.3, 0.4) is 0 Å². The Balaban J connectivity index is 1.73. The van der Waals surface area contributed by atoms with Gasteiger partial charge < -0.3 is 4.74 Å². The first-order chi connectivity index (χ1) is 12.1. The average molecular weight is 358 g/mol. The molecule has 0 N–H and O–H groups in total. The van der Waals surface area contributed by atoms with Gasteiger partial charge in [-0.2, -0.15) is 9.61 Å². The molecular formula is C18H22N4O2S. The van der Waals surface area contributed by atoms with Crippen LogP contribution in [0.25, 0.3) is 4.96 Å². The quantitative estimate of drug-likeness (QED) is 0.650. The van der Waals surface area contributed by atoms with Gasteiger partial charge in [0.25, 0.3) is 5.56 Å². The first kappa shape index (κ1) is 17.6. The maximum absolute atomic E-state index is 12.3. The smallest absolute Gasteiger partial charge is 0.275 e. The fourth-order valence-corrected chi connectivity index (χ4v) is 3.69. The predicted molar refractivity (Wildman–Crippen MR) is 99.3 cm³/mol. The maximum Gasteiger partial charge on any atom is 0.275 e. The molecule has 1 aromatic carbocycles. The van der Waals surface area contributed by atoms with Gasteiger partial charge in [-0.1, -0.05) is 30.4 Å². The largest absolute Gasteiger partial charge is 0.497 e. The molecule has 132 valence electrons. The Bertz CT molecular complexity index is 902. The minimum absolute atomic E-state index is 0.114. The van der Waals surface area contributed by atoms with Gasteiger partial charge in [-0.3, -0.25) is 9.69 Å². The lowest BCUT2D eigenvalue weighted by Gasteiger charge is -2.16. The van der Waals surface area contributed by atoms with E-state index in [9.17, 15) is 4.79 Å². The van der Waals surface area contributed by atoms with E-state index in [1.807, 2.05) is 31.3 Å². The number of hydrogen-bond acceptors (Lipinski definition) is 6.